The number of esters is 1. The van der Waals surface area contributed by atoms with Crippen LogP contribution in [0, 0.1) is 11.6 Å². The Bertz CT molecular complexity index is 901. The molecule has 0 heterocycles. The van der Waals surface area contributed by atoms with Crippen molar-refractivity contribution in [2.45, 2.75) is 32.8 Å². The highest BCUT2D eigenvalue weighted by atomic mass is 19.2. The monoisotopic (exact) mass is 388 g/mol. The lowest BCUT2D eigenvalue weighted by Gasteiger charge is -2.17. The zero-order valence-corrected chi connectivity index (χ0v) is 15.9. The highest BCUT2D eigenvalue weighted by Gasteiger charge is 2.14. The van der Waals surface area contributed by atoms with Crippen molar-refractivity contribution in [2.75, 3.05) is 11.1 Å². The highest BCUT2D eigenvalue weighted by molar-refractivity contribution is 5.95. The number of amides is 1. The molecule has 0 radical (unpaired) electrons. The third kappa shape index (κ3) is 6.19. The molecule has 0 atom stereocenters. The van der Waals surface area contributed by atoms with Gasteiger partial charge in [0.1, 0.15) is 5.60 Å². The van der Waals surface area contributed by atoms with E-state index in [1.165, 1.54) is 12.1 Å². The van der Waals surface area contributed by atoms with Crippen LogP contribution in [0.4, 0.5) is 20.2 Å². The summed E-state index contributed by atoms with van der Waals surface area (Å²) in [5.74, 6) is -3.14. The first-order valence-corrected chi connectivity index (χ1v) is 8.58. The van der Waals surface area contributed by atoms with Crippen LogP contribution in [-0.2, 0) is 20.7 Å². The largest absolute Gasteiger partial charge is 0.457 e. The number of rotatable bonds is 5. The molecule has 0 bridgehead atoms. The minimum atomic E-state index is -1.20. The number of nitrogens with two attached hydrogens (primary N) is 1. The first-order chi connectivity index (χ1) is 13.0. The fourth-order valence-corrected chi connectivity index (χ4v) is 2.30. The Labute approximate surface area is 162 Å². The second-order valence-corrected chi connectivity index (χ2v) is 7.16. The molecule has 0 unspecified atom stereocenters. The van der Waals surface area contributed by atoms with E-state index in [9.17, 15) is 18.4 Å². The molecule has 0 saturated carbocycles. The van der Waals surface area contributed by atoms with Crippen LogP contribution in [0.5, 0.6) is 0 Å². The van der Waals surface area contributed by atoms with Gasteiger partial charge in [-0.25, -0.2) is 13.6 Å². The van der Waals surface area contributed by atoms with E-state index in [2.05, 4.69) is 5.32 Å². The fourth-order valence-electron chi connectivity index (χ4n) is 2.30. The maximum Gasteiger partial charge on any atom is 0.331 e. The van der Waals surface area contributed by atoms with Gasteiger partial charge in [0.05, 0.1) is 17.8 Å². The first-order valence-electron chi connectivity index (χ1n) is 8.58. The van der Waals surface area contributed by atoms with Gasteiger partial charge in [0.2, 0.25) is 5.91 Å². The van der Waals surface area contributed by atoms with Crippen LogP contribution in [0.25, 0.3) is 6.08 Å². The summed E-state index contributed by atoms with van der Waals surface area (Å²) in [5.41, 5.74) is 5.94. The second kappa shape index (κ2) is 8.65. The average molecular weight is 388 g/mol. The number of nitrogen functional groups attached to an aromatic ring is 1. The van der Waals surface area contributed by atoms with Crippen molar-refractivity contribution in [1.29, 1.82) is 0 Å². The maximum absolute atomic E-state index is 13.4. The van der Waals surface area contributed by atoms with Crippen LogP contribution in [0.1, 0.15) is 31.9 Å². The number of hydrogen-bond acceptors (Lipinski definition) is 4. The molecule has 2 aromatic rings. The highest BCUT2D eigenvalue weighted by Crippen LogP contribution is 2.24. The van der Waals surface area contributed by atoms with Crippen LogP contribution in [0.3, 0.4) is 0 Å². The summed E-state index contributed by atoms with van der Waals surface area (Å²) in [6, 6.07) is 9.04. The van der Waals surface area contributed by atoms with Crippen molar-refractivity contribution in [3.8, 4) is 0 Å². The van der Waals surface area contributed by atoms with Gasteiger partial charge in [-0.1, -0.05) is 24.3 Å². The summed E-state index contributed by atoms with van der Waals surface area (Å²) in [4.78, 5) is 23.8. The van der Waals surface area contributed by atoms with Gasteiger partial charge in [0.25, 0.3) is 0 Å². The van der Waals surface area contributed by atoms with Gasteiger partial charge in [-0.15, -0.1) is 0 Å². The zero-order valence-electron chi connectivity index (χ0n) is 15.9. The van der Waals surface area contributed by atoms with Crippen molar-refractivity contribution >= 4 is 29.3 Å². The molecule has 2 rings (SSSR count). The predicted molar refractivity (Wildman–Crippen MR) is 104 cm³/mol. The number of halogens is 2. The molecule has 7 heteroatoms. The molecular formula is C21H22F2N2O3. The Morgan fingerprint density at radius 1 is 1.11 bits per heavy atom. The normalized spacial score (nSPS) is 11.5. The first kappa shape index (κ1) is 21.1. The van der Waals surface area contributed by atoms with Gasteiger partial charge in [0, 0.05) is 6.08 Å². The molecule has 28 heavy (non-hydrogen) atoms. The van der Waals surface area contributed by atoms with Gasteiger partial charge in [-0.3, -0.25) is 4.79 Å². The molecule has 0 aliphatic rings. The molecule has 3 N–H and O–H groups in total. The average Bonchev–Trinajstić information content (AvgIpc) is 2.60. The van der Waals surface area contributed by atoms with Crippen molar-refractivity contribution in [3.63, 3.8) is 0 Å². The van der Waals surface area contributed by atoms with E-state index < -0.39 is 34.8 Å². The standard InChI is InChI=1S/C21H22F2N2O3/c1-21(2,3)28-18(27)11-8-13-4-6-14(7-5-13)12-17(26)25-16-10-9-15(22)19(23)20(16)24/h4-11H,12,24H2,1-3H3,(H,25,26). The Hall–Kier alpha value is -3.22. The van der Waals surface area contributed by atoms with Crippen molar-refractivity contribution in [1.82, 2.24) is 0 Å². The summed E-state index contributed by atoms with van der Waals surface area (Å²) in [5, 5.41) is 2.46. The second-order valence-electron chi connectivity index (χ2n) is 7.16. The lowest BCUT2D eigenvalue weighted by atomic mass is 10.1. The topological polar surface area (TPSA) is 81.4 Å². The molecule has 5 nitrogen and oxygen atoms in total. The van der Waals surface area contributed by atoms with E-state index in [1.807, 2.05) is 0 Å². The molecule has 0 aliphatic heterocycles. The van der Waals surface area contributed by atoms with Crippen molar-refractivity contribution in [3.05, 3.63) is 65.2 Å². The van der Waals surface area contributed by atoms with Gasteiger partial charge in [-0.2, -0.15) is 0 Å². The van der Waals surface area contributed by atoms with Gasteiger partial charge < -0.3 is 15.8 Å². The van der Waals surface area contributed by atoms with Gasteiger partial charge in [-0.05, 0) is 50.1 Å². The lowest BCUT2D eigenvalue weighted by molar-refractivity contribution is -0.148. The summed E-state index contributed by atoms with van der Waals surface area (Å²) in [7, 11) is 0. The third-order valence-corrected chi connectivity index (χ3v) is 3.57. The quantitative estimate of drug-likeness (QED) is 0.459. The molecule has 0 fully saturated rings. The van der Waals surface area contributed by atoms with Gasteiger partial charge >= 0.3 is 5.97 Å². The van der Waals surface area contributed by atoms with E-state index in [-0.39, 0.29) is 12.1 Å². The molecule has 0 spiro atoms. The molecule has 0 aliphatic carbocycles. The number of nitrogens with one attached hydrogen (secondary N) is 1. The number of carbonyl (C=O) groups excluding carboxylic acids is 2. The lowest BCUT2D eigenvalue weighted by Crippen LogP contribution is -2.22. The van der Waals surface area contributed by atoms with E-state index in [0.717, 1.165) is 11.6 Å². The van der Waals surface area contributed by atoms with Crippen molar-refractivity contribution < 1.29 is 23.1 Å². The van der Waals surface area contributed by atoms with Crippen molar-refractivity contribution in [2.24, 2.45) is 0 Å². The number of ether oxygens (including phenoxy) is 1. The molecule has 0 aromatic heterocycles. The Balaban J connectivity index is 1.96. The van der Waals surface area contributed by atoms with Crippen LogP contribution < -0.4 is 11.1 Å². The van der Waals surface area contributed by atoms with E-state index in [0.29, 0.717) is 5.56 Å². The van der Waals surface area contributed by atoms with Crippen LogP contribution in [0.2, 0.25) is 0 Å². The molecular weight excluding hydrogens is 366 g/mol. The van der Waals surface area contributed by atoms with E-state index in [1.54, 1.807) is 51.1 Å². The summed E-state index contributed by atoms with van der Waals surface area (Å²) in [6.07, 6.45) is 2.97. The van der Waals surface area contributed by atoms with Gasteiger partial charge in [0.15, 0.2) is 11.6 Å². The SMILES string of the molecule is CC(C)(C)OC(=O)C=Cc1ccc(CC(=O)Nc2ccc(F)c(F)c2N)cc1. The number of benzene rings is 2. The van der Waals surface area contributed by atoms with E-state index in [4.69, 9.17) is 10.5 Å². The number of hydrogen-bond donors (Lipinski definition) is 2. The predicted octanol–water partition coefficient (Wildman–Crippen LogP) is 4.08. The minimum absolute atomic E-state index is 0.0146. The van der Waals surface area contributed by atoms with Crippen LogP contribution >= 0.6 is 0 Å². The maximum atomic E-state index is 13.4. The Morgan fingerprint density at radius 2 is 1.75 bits per heavy atom. The minimum Gasteiger partial charge on any atom is -0.457 e. The fraction of sp³-hybridized carbons (Fsp3) is 0.238. The molecule has 0 saturated heterocycles. The Kier molecular flexibility index (Phi) is 6.51. The van der Waals surface area contributed by atoms with E-state index >= 15 is 0 Å². The summed E-state index contributed by atoms with van der Waals surface area (Å²) >= 11 is 0. The molecule has 2 aromatic carbocycles. The number of anilines is 2. The summed E-state index contributed by atoms with van der Waals surface area (Å²) in [6.45, 7) is 5.35. The smallest absolute Gasteiger partial charge is 0.331 e. The molecule has 1 amide bonds. The Morgan fingerprint density at radius 3 is 2.36 bits per heavy atom. The van der Waals surface area contributed by atoms with Crippen LogP contribution in [0.15, 0.2) is 42.5 Å². The van der Waals surface area contributed by atoms with Crippen LogP contribution in [-0.4, -0.2) is 17.5 Å². The number of carbonyl (C=O) groups is 2. The third-order valence-electron chi connectivity index (χ3n) is 3.57. The molecule has 148 valence electrons. The zero-order chi connectivity index (χ0) is 20.9. The summed E-state index contributed by atoms with van der Waals surface area (Å²) < 4.78 is 31.7.